The molecule has 19 heavy (non-hydrogen) atoms. The Balaban J connectivity index is 2.41. The van der Waals surface area contributed by atoms with Gasteiger partial charge in [0.05, 0.1) is 14.2 Å². The first-order valence-corrected chi connectivity index (χ1v) is 7.17. The van der Waals surface area contributed by atoms with Gasteiger partial charge in [0, 0.05) is 6.07 Å². The van der Waals surface area contributed by atoms with Crippen LogP contribution in [0.15, 0.2) is 30.4 Å². The topological polar surface area (TPSA) is 18.5 Å². The molecule has 106 valence electrons. The van der Waals surface area contributed by atoms with E-state index >= 15 is 0 Å². The van der Waals surface area contributed by atoms with Crippen LogP contribution in [-0.2, 0) is 6.42 Å². The fraction of sp³-hybridized carbons (Fsp3) is 0.529. The SMILES string of the molecule is CCCCCCC=CCc1cc(OC)cc(OC)c1. The first-order valence-electron chi connectivity index (χ1n) is 7.17. The van der Waals surface area contributed by atoms with Crippen LogP contribution in [0.5, 0.6) is 11.5 Å². The van der Waals surface area contributed by atoms with Gasteiger partial charge in [0.2, 0.25) is 0 Å². The molecule has 0 saturated carbocycles. The molecule has 0 atom stereocenters. The van der Waals surface area contributed by atoms with Crippen LogP contribution in [0.2, 0.25) is 0 Å². The summed E-state index contributed by atoms with van der Waals surface area (Å²) in [7, 11) is 3.37. The number of unbranched alkanes of at least 4 members (excludes halogenated alkanes) is 4. The lowest BCUT2D eigenvalue weighted by atomic mass is 10.1. The summed E-state index contributed by atoms with van der Waals surface area (Å²) in [5, 5.41) is 0. The Morgan fingerprint density at radius 2 is 1.58 bits per heavy atom. The number of benzene rings is 1. The lowest BCUT2D eigenvalue weighted by molar-refractivity contribution is 0.393. The van der Waals surface area contributed by atoms with Crippen molar-refractivity contribution in [2.75, 3.05) is 14.2 Å². The van der Waals surface area contributed by atoms with Gasteiger partial charge in [-0.05, 0) is 37.0 Å². The van der Waals surface area contributed by atoms with Crippen LogP contribution in [0, 0.1) is 0 Å². The molecule has 0 aliphatic rings. The first kappa shape index (κ1) is 15.6. The van der Waals surface area contributed by atoms with Crippen molar-refractivity contribution in [3.05, 3.63) is 35.9 Å². The number of methoxy groups -OCH3 is 2. The second-order valence-electron chi connectivity index (χ2n) is 4.75. The van der Waals surface area contributed by atoms with Crippen LogP contribution in [0.3, 0.4) is 0 Å². The number of rotatable bonds is 9. The molecule has 1 rings (SSSR count). The fourth-order valence-electron chi connectivity index (χ4n) is 2.01. The lowest BCUT2D eigenvalue weighted by Gasteiger charge is -2.06. The van der Waals surface area contributed by atoms with Crippen molar-refractivity contribution in [1.82, 2.24) is 0 Å². The molecule has 0 aliphatic heterocycles. The van der Waals surface area contributed by atoms with E-state index in [1.165, 1.54) is 37.7 Å². The molecular formula is C17H26O2. The fourth-order valence-corrected chi connectivity index (χ4v) is 2.01. The van der Waals surface area contributed by atoms with Crippen LogP contribution >= 0.6 is 0 Å². The summed E-state index contributed by atoms with van der Waals surface area (Å²) in [6, 6.07) is 6.02. The molecule has 0 heterocycles. The summed E-state index contributed by atoms with van der Waals surface area (Å²) in [5.74, 6) is 1.70. The second-order valence-corrected chi connectivity index (χ2v) is 4.75. The largest absolute Gasteiger partial charge is 0.497 e. The molecule has 2 nitrogen and oxygen atoms in total. The molecule has 0 aliphatic carbocycles. The molecule has 0 radical (unpaired) electrons. The van der Waals surface area contributed by atoms with Gasteiger partial charge in [0.15, 0.2) is 0 Å². The van der Waals surface area contributed by atoms with Crippen molar-refractivity contribution in [1.29, 1.82) is 0 Å². The van der Waals surface area contributed by atoms with Crippen molar-refractivity contribution in [3.63, 3.8) is 0 Å². The summed E-state index contributed by atoms with van der Waals surface area (Å²) >= 11 is 0. The minimum absolute atomic E-state index is 0.852. The minimum atomic E-state index is 0.852. The molecule has 0 unspecified atom stereocenters. The summed E-state index contributed by atoms with van der Waals surface area (Å²) in [6.45, 7) is 2.24. The Morgan fingerprint density at radius 1 is 0.895 bits per heavy atom. The third-order valence-electron chi connectivity index (χ3n) is 3.16. The van der Waals surface area contributed by atoms with Gasteiger partial charge in [0.1, 0.15) is 11.5 Å². The zero-order chi connectivity index (χ0) is 13.9. The molecule has 1 aromatic carbocycles. The first-order chi connectivity index (χ1) is 9.30. The number of ether oxygens (including phenoxy) is 2. The van der Waals surface area contributed by atoms with Crippen molar-refractivity contribution in [2.24, 2.45) is 0 Å². The highest BCUT2D eigenvalue weighted by Gasteiger charge is 2.00. The summed E-state index contributed by atoms with van der Waals surface area (Å²) < 4.78 is 10.5. The van der Waals surface area contributed by atoms with Gasteiger partial charge in [-0.2, -0.15) is 0 Å². The van der Waals surface area contributed by atoms with Gasteiger partial charge in [-0.3, -0.25) is 0 Å². The van der Waals surface area contributed by atoms with Crippen molar-refractivity contribution < 1.29 is 9.47 Å². The Bertz CT molecular complexity index is 361. The number of allylic oxidation sites excluding steroid dienone is 2. The Morgan fingerprint density at radius 3 is 2.16 bits per heavy atom. The summed E-state index contributed by atoms with van der Waals surface area (Å²) in [6.07, 6.45) is 11.9. The molecule has 0 fully saturated rings. The standard InChI is InChI=1S/C17H26O2/c1-4-5-6-7-8-9-10-11-15-12-16(18-2)14-17(13-15)19-3/h9-10,12-14H,4-8,11H2,1-3H3. The van der Waals surface area contributed by atoms with Gasteiger partial charge < -0.3 is 9.47 Å². The highest BCUT2D eigenvalue weighted by atomic mass is 16.5. The molecule has 0 N–H and O–H groups in total. The zero-order valence-corrected chi connectivity index (χ0v) is 12.4. The average Bonchev–Trinajstić information content (AvgIpc) is 2.45. The molecule has 0 saturated heterocycles. The van der Waals surface area contributed by atoms with E-state index in [9.17, 15) is 0 Å². The summed E-state index contributed by atoms with van der Waals surface area (Å²) in [5.41, 5.74) is 1.22. The van der Waals surface area contributed by atoms with Crippen LogP contribution in [-0.4, -0.2) is 14.2 Å². The molecular weight excluding hydrogens is 236 g/mol. The minimum Gasteiger partial charge on any atom is -0.497 e. The van der Waals surface area contributed by atoms with Crippen molar-refractivity contribution in [3.8, 4) is 11.5 Å². The van der Waals surface area contributed by atoms with Gasteiger partial charge in [-0.25, -0.2) is 0 Å². The van der Waals surface area contributed by atoms with E-state index in [2.05, 4.69) is 31.2 Å². The maximum absolute atomic E-state index is 5.27. The highest BCUT2D eigenvalue weighted by molar-refractivity contribution is 5.39. The highest BCUT2D eigenvalue weighted by Crippen LogP contribution is 2.22. The Kier molecular flexibility index (Phi) is 7.80. The predicted molar refractivity (Wildman–Crippen MR) is 81.1 cm³/mol. The number of hydrogen-bond acceptors (Lipinski definition) is 2. The van der Waals surface area contributed by atoms with Crippen LogP contribution in [0.1, 0.15) is 44.6 Å². The van der Waals surface area contributed by atoms with E-state index in [1.54, 1.807) is 14.2 Å². The maximum atomic E-state index is 5.27. The van der Waals surface area contributed by atoms with E-state index in [1.807, 2.05) is 6.07 Å². The third-order valence-corrected chi connectivity index (χ3v) is 3.16. The third kappa shape index (κ3) is 6.32. The van der Waals surface area contributed by atoms with Crippen LogP contribution in [0.25, 0.3) is 0 Å². The second kappa shape index (κ2) is 9.48. The van der Waals surface area contributed by atoms with E-state index < -0.39 is 0 Å². The van der Waals surface area contributed by atoms with E-state index in [-0.39, 0.29) is 0 Å². The van der Waals surface area contributed by atoms with Gasteiger partial charge in [-0.15, -0.1) is 0 Å². The van der Waals surface area contributed by atoms with Crippen LogP contribution in [0.4, 0.5) is 0 Å². The average molecular weight is 262 g/mol. The quantitative estimate of drug-likeness (QED) is 0.471. The predicted octanol–water partition coefficient (Wildman–Crippen LogP) is 4.77. The van der Waals surface area contributed by atoms with E-state index in [0.717, 1.165) is 17.9 Å². The molecule has 0 aromatic heterocycles. The van der Waals surface area contributed by atoms with Crippen molar-refractivity contribution >= 4 is 0 Å². The summed E-state index contributed by atoms with van der Waals surface area (Å²) in [4.78, 5) is 0. The molecule has 0 bridgehead atoms. The van der Waals surface area contributed by atoms with Gasteiger partial charge in [-0.1, -0.05) is 38.3 Å². The van der Waals surface area contributed by atoms with E-state index in [4.69, 9.17) is 9.47 Å². The normalized spacial score (nSPS) is 10.9. The smallest absolute Gasteiger partial charge is 0.122 e. The molecule has 0 amide bonds. The maximum Gasteiger partial charge on any atom is 0.122 e. The number of hydrogen-bond donors (Lipinski definition) is 0. The molecule has 0 spiro atoms. The Hall–Kier alpha value is -1.44. The van der Waals surface area contributed by atoms with Crippen molar-refractivity contribution in [2.45, 2.75) is 45.4 Å². The lowest BCUT2D eigenvalue weighted by Crippen LogP contribution is -1.90. The molecule has 1 aromatic rings. The Labute approximate surface area is 117 Å². The molecule has 2 heteroatoms. The van der Waals surface area contributed by atoms with E-state index in [0.29, 0.717) is 0 Å². The zero-order valence-electron chi connectivity index (χ0n) is 12.4. The van der Waals surface area contributed by atoms with Gasteiger partial charge in [0.25, 0.3) is 0 Å². The monoisotopic (exact) mass is 262 g/mol. The van der Waals surface area contributed by atoms with Gasteiger partial charge >= 0.3 is 0 Å². The van der Waals surface area contributed by atoms with Crippen LogP contribution < -0.4 is 9.47 Å².